The summed E-state index contributed by atoms with van der Waals surface area (Å²) in [6.07, 6.45) is 5.71. The Morgan fingerprint density at radius 3 is 2.71 bits per heavy atom. The maximum atomic E-state index is 14.0. The van der Waals surface area contributed by atoms with Gasteiger partial charge in [0.2, 0.25) is 0 Å². The molecule has 1 saturated heterocycles. The minimum atomic E-state index is -0.672. The van der Waals surface area contributed by atoms with Crippen LogP contribution in [0.15, 0.2) is 48.7 Å². The van der Waals surface area contributed by atoms with Gasteiger partial charge in [-0.15, -0.1) is 0 Å². The normalized spacial score (nSPS) is 16.7. The SMILES string of the molecule is CC(Oc1cc(-c2ccc(C(=O)NCCCN3CCCCC3C)cc2)cnc1N)c1c(Cl)ccc(F)c1Cl. The number of ether oxygens (including phenoxy) is 1. The Morgan fingerprint density at radius 1 is 1.21 bits per heavy atom. The first-order chi connectivity index (χ1) is 18.2. The Balaban J connectivity index is 1.37. The largest absolute Gasteiger partial charge is 0.482 e. The molecule has 0 radical (unpaired) electrons. The fourth-order valence-corrected chi connectivity index (χ4v) is 5.44. The maximum absolute atomic E-state index is 14.0. The molecule has 2 unspecified atom stereocenters. The lowest BCUT2D eigenvalue weighted by Gasteiger charge is -2.33. The van der Waals surface area contributed by atoms with Gasteiger partial charge >= 0.3 is 0 Å². The van der Waals surface area contributed by atoms with Crippen molar-refractivity contribution < 1.29 is 13.9 Å². The lowest BCUT2D eigenvalue weighted by molar-refractivity contribution is 0.0949. The lowest BCUT2D eigenvalue weighted by Crippen LogP contribution is -2.39. The molecule has 0 spiro atoms. The number of nitrogens with zero attached hydrogens (tertiary/aromatic N) is 2. The van der Waals surface area contributed by atoms with E-state index in [2.05, 4.69) is 22.1 Å². The molecular formula is C29H33Cl2FN4O2. The maximum Gasteiger partial charge on any atom is 0.251 e. The third-order valence-corrected chi connectivity index (χ3v) is 7.71. The standard InChI is InChI=1S/C29H33Cl2FN4O2/c1-18-6-3-4-14-36(18)15-5-13-34-29(37)21-9-7-20(8-10-21)22-16-25(28(33)35-17-22)38-19(2)26-23(30)11-12-24(32)27(26)31/h7-12,16-19H,3-6,13-15H2,1-2H3,(H2,33,35)(H,34,37). The van der Waals surface area contributed by atoms with E-state index < -0.39 is 11.9 Å². The molecule has 1 aliphatic rings. The number of hydrogen-bond acceptors (Lipinski definition) is 5. The van der Waals surface area contributed by atoms with Gasteiger partial charge in [-0.3, -0.25) is 4.79 Å². The summed E-state index contributed by atoms with van der Waals surface area (Å²) in [6, 6.07) is 12.3. The number of rotatable bonds is 9. The number of carbonyl (C=O) groups excluding carboxylic acids is 1. The van der Waals surface area contributed by atoms with E-state index in [9.17, 15) is 9.18 Å². The van der Waals surface area contributed by atoms with Crippen LogP contribution in [0.1, 0.15) is 61.6 Å². The van der Waals surface area contributed by atoms with Crippen molar-refractivity contribution in [2.75, 3.05) is 25.4 Å². The number of nitrogen functional groups attached to an aromatic ring is 1. The molecule has 9 heteroatoms. The van der Waals surface area contributed by atoms with Gasteiger partial charge in [-0.2, -0.15) is 0 Å². The molecule has 0 bridgehead atoms. The first-order valence-corrected chi connectivity index (χ1v) is 13.7. The molecule has 38 heavy (non-hydrogen) atoms. The number of nitrogens with one attached hydrogen (secondary N) is 1. The molecule has 1 aliphatic heterocycles. The van der Waals surface area contributed by atoms with Gasteiger partial charge in [0.05, 0.1) is 5.02 Å². The van der Waals surface area contributed by atoms with Gasteiger partial charge in [-0.1, -0.05) is 41.8 Å². The number of hydrogen-bond donors (Lipinski definition) is 2. The van der Waals surface area contributed by atoms with Gasteiger partial charge in [0.15, 0.2) is 11.6 Å². The van der Waals surface area contributed by atoms with Gasteiger partial charge < -0.3 is 20.7 Å². The molecule has 1 aromatic heterocycles. The Labute approximate surface area is 233 Å². The number of amides is 1. The first kappa shape index (κ1) is 28.1. The van der Waals surface area contributed by atoms with E-state index in [0.29, 0.717) is 34.5 Å². The zero-order valence-corrected chi connectivity index (χ0v) is 23.2. The average Bonchev–Trinajstić information content (AvgIpc) is 2.91. The quantitative estimate of drug-likeness (QED) is 0.220. The molecule has 3 aromatic rings. The fourth-order valence-electron chi connectivity index (χ4n) is 4.76. The van der Waals surface area contributed by atoms with E-state index in [4.69, 9.17) is 33.7 Å². The fraction of sp³-hybridized carbons (Fsp3) is 0.379. The first-order valence-electron chi connectivity index (χ1n) is 12.9. The molecular weight excluding hydrogens is 526 g/mol. The van der Waals surface area contributed by atoms with Gasteiger partial charge in [0.25, 0.3) is 5.91 Å². The van der Waals surface area contributed by atoms with Gasteiger partial charge in [-0.25, -0.2) is 9.37 Å². The highest BCUT2D eigenvalue weighted by molar-refractivity contribution is 6.36. The van der Waals surface area contributed by atoms with Crippen LogP contribution in [-0.2, 0) is 0 Å². The molecule has 2 heterocycles. The number of pyridine rings is 1. The van der Waals surface area contributed by atoms with Crippen molar-refractivity contribution in [2.45, 2.75) is 51.7 Å². The third kappa shape index (κ3) is 6.76. The highest BCUT2D eigenvalue weighted by Crippen LogP contribution is 2.37. The summed E-state index contributed by atoms with van der Waals surface area (Å²) in [5, 5.41) is 3.21. The smallest absolute Gasteiger partial charge is 0.251 e. The number of benzene rings is 2. The number of halogens is 3. The molecule has 3 N–H and O–H groups in total. The van der Waals surface area contributed by atoms with Crippen molar-refractivity contribution in [1.29, 1.82) is 0 Å². The monoisotopic (exact) mass is 558 g/mol. The summed E-state index contributed by atoms with van der Waals surface area (Å²) in [6.45, 7) is 6.78. The highest BCUT2D eigenvalue weighted by Gasteiger charge is 2.20. The van der Waals surface area contributed by atoms with Crippen molar-refractivity contribution in [1.82, 2.24) is 15.2 Å². The highest BCUT2D eigenvalue weighted by atomic mass is 35.5. The molecule has 1 fully saturated rings. The summed E-state index contributed by atoms with van der Waals surface area (Å²) in [7, 11) is 0. The third-order valence-electron chi connectivity index (χ3n) is 7.00. The lowest BCUT2D eigenvalue weighted by atomic mass is 10.0. The minimum absolute atomic E-state index is 0.0948. The van der Waals surface area contributed by atoms with E-state index in [0.717, 1.165) is 30.6 Å². The number of likely N-dealkylation sites (tertiary alicyclic amines) is 1. The Hall–Kier alpha value is -2.87. The summed E-state index contributed by atoms with van der Waals surface area (Å²) < 4.78 is 20.0. The van der Waals surface area contributed by atoms with Crippen LogP contribution in [-0.4, -0.2) is 41.5 Å². The summed E-state index contributed by atoms with van der Waals surface area (Å²) in [5.41, 5.74) is 8.55. The molecule has 1 amide bonds. The van der Waals surface area contributed by atoms with E-state index in [1.807, 2.05) is 12.1 Å². The predicted molar refractivity (Wildman–Crippen MR) is 151 cm³/mol. The van der Waals surface area contributed by atoms with Crippen LogP contribution in [0, 0.1) is 5.82 Å². The van der Waals surface area contributed by atoms with Gasteiger partial charge in [-0.05, 0) is 75.5 Å². The van der Waals surface area contributed by atoms with Gasteiger partial charge in [0, 0.05) is 47.0 Å². The Kier molecular flexibility index (Phi) is 9.47. The molecule has 0 saturated carbocycles. The second-order valence-corrected chi connectivity index (χ2v) is 10.5. The van der Waals surface area contributed by atoms with Crippen LogP contribution >= 0.6 is 23.2 Å². The summed E-state index contributed by atoms with van der Waals surface area (Å²) in [4.78, 5) is 19.4. The van der Waals surface area contributed by atoms with Crippen molar-refractivity contribution >= 4 is 34.9 Å². The zero-order chi connectivity index (χ0) is 27.2. The Morgan fingerprint density at radius 2 is 1.97 bits per heavy atom. The van der Waals surface area contributed by atoms with Crippen molar-refractivity contribution in [3.8, 4) is 16.9 Å². The van der Waals surface area contributed by atoms with Crippen LogP contribution < -0.4 is 15.8 Å². The van der Waals surface area contributed by atoms with E-state index in [-0.39, 0.29) is 16.7 Å². The molecule has 0 aliphatic carbocycles. The van der Waals surface area contributed by atoms with Gasteiger partial charge in [0.1, 0.15) is 11.9 Å². The number of aromatic nitrogens is 1. The number of anilines is 1. The second-order valence-electron chi connectivity index (χ2n) is 9.69. The molecule has 4 rings (SSSR count). The summed E-state index contributed by atoms with van der Waals surface area (Å²) >= 11 is 12.4. The van der Waals surface area contributed by atoms with Crippen molar-refractivity contribution in [3.05, 3.63) is 75.7 Å². The minimum Gasteiger partial charge on any atom is -0.482 e. The van der Waals surface area contributed by atoms with Crippen LogP contribution in [0.25, 0.3) is 11.1 Å². The molecule has 2 atom stereocenters. The molecule has 6 nitrogen and oxygen atoms in total. The van der Waals surface area contributed by atoms with Crippen LogP contribution in [0.5, 0.6) is 5.75 Å². The number of piperidine rings is 1. The van der Waals surface area contributed by atoms with E-state index >= 15 is 0 Å². The predicted octanol–water partition coefficient (Wildman–Crippen LogP) is 6.91. The van der Waals surface area contributed by atoms with Crippen molar-refractivity contribution in [2.24, 2.45) is 0 Å². The average molecular weight is 560 g/mol. The number of nitrogens with two attached hydrogens (primary N) is 1. The van der Waals surface area contributed by atoms with Crippen molar-refractivity contribution in [3.63, 3.8) is 0 Å². The van der Waals surface area contributed by atoms with Crippen LogP contribution in [0.3, 0.4) is 0 Å². The van der Waals surface area contributed by atoms with E-state index in [1.165, 1.54) is 31.4 Å². The summed E-state index contributed by atoms with van der Waals surface area (Å²) in [5.74, 6) is -0.183. The zero-order valence-electron chi connectivity index (χ0n) is 21.6. The van der Waals surface area contributed by atoms with Crippen LogP contribution in [0.2, 0.25) is 10.0 Å². The topological polar surface area (TPSA) is 80.5 Å². The number of carbonyl (C=O) groups is 1. The molecule has 2 aromatic carbocycles. The second kappa shape index (κ2) is 12.8. The van der Waals surface area contributed by atoms with E-state index in [1.54, 1.807) is 31.3 Å². The Bertz CT molecular complexity index is 1270. The van der Waals surface area contributed by atoms with Crippen LogP contribution in [0.4, 0.5) is 10.2 Å². The molecule has 202 valence electrons.